The monoisotopic (exact) mass is 325 g/mol. The van der Waals surface area contributed by atoms with Gasteiger partial charge in [0.1, 0.15) is 5.82 Å². The molecule has 1 aromatic carbocycles. The number of benzene rings is 1. The standard InChI is InChI=1S/C18H23N5O/c24-18(22-12-10-15(22)14-7-3-1-4-8-14)19-13-17-21-20-16-9-5-2-6-11-23(16)17/h1,3-4,7-8,15H,2,5-6,9-13H2,(H,19,24). The van der Waals surface area contributed by atoms with E-state index >= 15 is 0 Å². The largest absolute Gasteiger partial charge is 0.331 e. The molecule has 1 unspecified atom stereocenters. The molecule has 1 N–H and O–H groups in total. The zero-order valence-electron chi connectivity index (χ0n) is 13.8. The Bertz CT molecular complexity index is 711. The van der Waals surface area contributed by atoms with Crippen molar-refractivity contribution in [3.05, 3.63) is 47.5 Å². The first-order valence-corrected chi connectivity index (χ1v) is 8.83. The molecule has 2 aliphatic heterocycles. The first-order chi connectivity index (χ1) is 11.8. The van der Waals surface area contributed by atoms with Gasteiger partial charge in [-0.05, 0) is 24.8 Å². The van der Waals surface area contributed by atoms with Crippen molar-refractivity contribution in [1.82, 2.24) is 25.0 Å². The molecule has 1 saturated heterocycles. The third-order valence-corrected chi connectivity index (χ3v) is 5.05. The maximum Gasteiger partial charge on any atom is 0.318 e. The molecular formula is C18H23N5O. The Labute approximate surface area is 141 Å². The second-order valence-corrected chi connectivity index (χ2v) is 6.56. The number of amides is 2. The van der Waals surface area contributed by atoms with Crippen LogP contribution in [0, 0.1) is 0 Å². The van der Waals surface area contributed by atoms with E-state index in [9.17, 15) is 4.79 Å². The van der Waals surface area contributed by atoms with Crippen LogP contribution < -0.4 is 5.32 Å². The van der Waals surface area contributed by atoms with Crippen LogP contribution >= 0.6 is 0 Å². The summed E-state index contributed by atoms with van der Waals surface area (Å²) in [4.78, 5) is 14.4. The number of urea groups is 1. The number of carbonyl (C=O) groups excluding carboxylic acids is 1. The molecule has 2 amide bonds. The van der Waals surface area contributed by atoms with Crippen LogP contribution in [0.2, 0.25) is 0 Å². The van der Waals surface area contributed by atoms with Crippen molar-refractivity contribution in [2.45, 2.75) is 51.2 Å². The number of rotatable bonds is 3. The van der Waals surface area contributed by atoms with Gasteiger partial charge in [-0.15, -0.1) is 10.2 Å². The third kappa shape index (κ3) is 2.88. The van der Waals surface area contributed by atoms with Crippen LogP contribution in [0.5, 0.6) is 0 Å². The summed E-state index contributed by atoms with van der Waals surface area (Å²) >= 11 is 0. The summed E-state index contributed by atoms with van der Waals surface area (Å²) in [5, 5.41) is 11.6. The molecule has 24 heavy (non-hydrogen) atoms. The number of nitrogens with one attached hydrogen (secondary N) is 1. The average Bonchev–Trinajstić information content (AvgIpc) is 2.79. The van der Waals surface area contributed by atoms with E-state index < -0.39 is 0 Å². The van der Waals surface area contributed by atoms with Crippen molar-refractivity contribution in [2.75, 3.05) is 6.54 Å². The Balaban J connectivity index is 1.38. The van der Waals surface area contributed by atoms with Crippen LogP contribution in [0.1, 0.15) is 48.9 Å². The molecular weight excluding hydrogens is 302 g/mol. The molecule has 0 aliphatic carbocycles. The van der Waals surface area contributed by atoms with Crippen LogP contribution in [0.3, 0.4) is 0 Å². The number of fused-ring (bicyclic) bond motifs is 1. The summed E-state index contributed by atoms with van der Waals surface area (Å²) in [5.41, 5.74) is 1.20. The molecule has 4 rings (SSSR count). The Hall–Kier alpha value is -2.37. The summed E-state index contributed by atoms with van der Waals surface area (Å²) in [6.07, 6.45) is 5.59. The van der Waals surface area contributed by atoms with Gasteiger partial charge in [-0.2, -0.15) is 0 Å². The van der Waals surface area contributed by atoms with E-state index in [4.69, 9.17) is 0 Å². The van der Waals surface area contributed by atoms with Crippen molar-refractivity contribution in [1.29, 1.82) is 0 Å². The maximum absolute atomic E-state index is 12.5. The molecule has 1 fully saturated rings. The van der Waals surface area contributed by atoms with E-state index in [1.165, 1.54) is 18.4 Å². The second-order valence-electron chi connectivity index (χ2n) is 6.56. The summed E-state index contributed by atoms with van der Waals surface area (Å²) < 4.78 is 2.18. The molecule has 1 aromatic heterocycles. The van der Waals surface area contributed by atoms with E-state index in [1.54, 1.807) is 0 Å². The van der Waals surface area contributed by atoms with E-state index in [-0.39, 0.29) is 12.1 Å². The van der Waals surface area contributed by atoms with Gasteiger partial charge in [0.2, 0.25) is 0 Å². The van der Waals surface area contributed by atoms with Crippen LogP contribution in [-0.4, -0.2) is 32.2 Å². The SMILES string of the molecule is O=C(NCc1nnc2n1CCCCC2)N1CCC1c1ccccc1. The predicted octanol–water partition coefficient (Wildman–Crippen LogP) is 2.66. The van der Waals surface area contributed by atoms with Gasteiger partial charge in [-0.1, -0.05) is 36.8 Å². The van der Waals surface area contributed by atoms with Gasteiger partial charge < -0.3 is 14.8 Å². The Morgan fingerprint density at radius 3 is 2.79 bits per heavy atom. The van der Waals surface area contributed by atoms with Gasteiger partial charge >= 0.3 is 6.03 Å². The summed E-state index contributed by atoms with van der Waals surface area (Å²) in [7, 11) is 0. The molecule has 126 valence electrons. The Morgan fingerprint density at radius 1 is 1.12 bits per heavy atom. The number of likely N-dealkylation sites (tertiary alicyclic amines) is 1. The minimum Gasteiger partial charge on any atom is -0.331 e. The summed E-state index contributed by atoms with van der Waals surface area (Å²) in [6.45, 7) is 2.22. The van der Waals surface area contributed by atoms with Gasteiger partial charge in [0, 0.05) is 19.5 Å². The highest BCUT2D eigenvalue weighted by Crippen LogP contribution is 2.32. The minimum absolute atomic E-state index is 0.0129. The van der Waals surface area contributed by atoms with Crippen molar-refractivity contribution < 1.29 is 4.79 Å². The Morgan fingerprint density at radius 2 is 2.00 bits per heavy atom. The number of hydrogen-bond donors (Lipinski definition) is 1. The van der Waals surface area contributed by atoms with Crippen LogP contribution in [0.4, 0.5) is 4.79 Å². The van der Waals surface area contributed by atoms with E-state index in [0.717, 1.165) is 44.0 Å². The lowest BCUT2D eigenvalue weighted by molar-refractivity contribution is 0.115. The smallest absolute Gasteiger partial charge is 0.318 e. The van der Waals surface area contributed by atoms with Crippen molar-refractivity contribution in [3.8, 4) is 0 Å². The van der Waals surface area contributed by atoms with Gasteiger partial charge in [-0.25, -0.2) is 4.79 Å². The van der Waals surface area contributed by atoms with Crippen molar-refractivity contribution in [2.24, 2.45) is 0 Å². The first kappa shape index (κ1) is 15.2. The molecule has 0 saturated carbocycles. The normalized spacial score (nSPS) is 20.0. The fourth-order valence-electron chi connectivity index (χ4n) is 3.58. The number of nitrogens with zero attached hydrogens (tertiary/aromatic N) is 4. The van der Waals surface area contributed by atoms with Crippen LogP contribution in [-0.2, 0) is 19.5 Å². The van der Waals surface area contributed by atoms with Crippen molar-refractivity contribution >= 4 is 6.03 Å². The fraction of sp³-hybridized carbons (Fsp3) is 0.500. The molecule has 1 atom stereocenters. The quantitative estimate of drug-likeness (QED) is 0.943. The summed E-state index contributed by atoms with van der Waals surface area (Å²) in [5.74, 6) is 1.93. The molecule has 0 radical (unpaired) electrons. The number of aromatic nitrogens is 3. The van der Waals surface area contributed by atoms with E-state index in [2.05, 4.69) is 32.2 Å². The molecule has 0 bridgehead atoms. The maximum atomic E-state index is 12.5. The highest BCUT2D eigenvalue weighted by atomic mass is 16.2. The molecule has 3 heterocycles. The van der Waals surface area contributed by atoms with E-state index in [1.807, 2.05) is 23.1 Å². The van der Waals surface area contributed by atoms with E-state index in [0.29, 0.717) is 6.54 Å². The lowest BCUT2D eigenvalue weighted by Crippen LogP contribution is -2.49. The van der Waals surface area contributed by atoms with Crippen LogP contribution in [0.25, 0.3) is 0 Å². The molecule has 6 heteroatoms. The fourth-order valence-corrected chi connectivity index (χ4v) is 3.58. The minimum atomic E-state index is -0.0129. The predicted molar refractivity (Wildman–Crippen MR) is 90.3 cm³/mol. The molecule has 2 aliphatic rings. The highest BCUT2D eigenvalue weighted by Gasteiger charge is 2.33. The molecule has 6 nitrogen and oxygen atoms in total. The summed E-state index contributed by atoms with van der Waals surface area (Å²) in [6, 6.07) is 10.4. The average molecular weight is 325 g/mol. The van der Waals surface area contributed by atoms with Crippen LogP contribution in [0.15, 0.2) is 30.3 Å². The number of carbonyl (C=O) groups is 1. The lowest BCUT2D eigenvalue weighted by atomic mass is 9.95. The zero-order valence-corrected chi connectivity index (χ0v) is 13.8. The molecule has 2 aromatic rings. The van der Waals surface area contributed by atoms with Crippen molar-refractivity contribution in [3.63, 3.8) is 0 Å². The molecule has 0 spiro atoms. The Kier molecular flexibility index (Phi) is 4.19. The van der Waals surface area contributed by atoms with Gasteiger partial charge in [0.05, 0.1) is 12.6 Å². The van der Waals surface area contributed by atoms with Gasteiger partial charge in [0.25, 0.3) is 0 Å². The van der Waals surface area contributed by atoms with Gasteiger partial charge in [0.15, 0.2) is 5.82 Å². The number of hydrogen-bond acceptors (Lipinski definition) is 3. The lowest BCUT2D eigenvalue weighted by Gasteiger charge is -2.41. The third-order valence-electron chi connectivity index (χ3n) is 5.05. The second kappa shape index (κ2) is 6.63. The van der Waals surface area contributed by atoms with Gasteiger partial charge in [-0.3, -0.25) is 0 Å². The zero-order chi connectivity index (χ0) is 16.4. The highest BCUT2D eigenvalue weighted by molar-refractivity contribution is 5.75. The topological polar surface area (TPSA) is 63.1 Å². The first-order valence-electron chi connectivity index (χ1n) is 8.83. The number of aryl methyl sites for hydroxylation is 1.